The van der Waals surface area contributed by atoms with Crippen LogP contribution in [0.4, 0.5) is 5.95 Å². The van der Waals surface area contributed by atoms with Gasteiger partial charge >= 0.3 is 6.01 Å². The minimum atomic E-state index is 0.265. The average Bonchev–Trinajstić information content (AvgIpc) is 3.10. The summed E-state index contributed by atoms with van der Waals surface area (Å²) >= 11 is 0. The van der Waals surface area contributed by atoms with E-state index in [1.807, 2.05) is 30.3 Å². The molecule has 3 aliphatic carbocycles. The van der Waals surface area contributed by atoms with Gasteiger partial charge in [-0.05, 0) is 72.4 Å². The molecule has 2 fully saturated rings. The first-order chi connectivity index (χ1) is 14.9. The summed E-state index contributed by atoms with van der Waals surface area (Å²) in [6.07, 6.45) is 12.5. The molecule has 1 heterocycles. The Morgan fingerprint density at radius 1 is 1.10 bits per heavy atom. The van der Waals surface area contributed by atoms with Gasteiger partial charge in [0.2, 0.25) is 5.95 Å². The van der Waals surface area contributed by atoms with Crippen LogP contribution in [-0.2, 0) is 0 Å². The third-order valence-electron chi connectivity index (χ3n) is 7.63. The zero-order valence-electron chi connectivity index (χ0n) is 18.4. The molecule has 2 bridgehead atoms. The summed E-state index contributed by atoms with van der Waals surface area (Å²) in [5.41, 5.74) is 8.18. The second kappa shape index (κ2) is 7.51. The Balaban J connectivity index is 1.28. The van der Waals surface area contributed by atoms with Crippen molar-refractivity contribution < 1.29 is 4.74 Å². The van der Waals surface area contributed by atoms with Gasteiger partial charge < -0.3 is 10.1 Å². The molecule has 2 saturated carbocycles. The van der Waals surface area contributed by atoms with Crippen LogP contribution < -0.4 is 10.1 Å². The molecule has 31 heavy (non-hydrogen) atoms. The molecule has 0 radical (unpaired) electrons. The summed E-state index contributed by atoms with van der Waals surface area (Å²) in [5, 5.41) is 3.25. The highest BCUT2D eigenvalue weighted by Gasteiger charge is 2.58. The smallest absolute Gasteiger partial charge is 0.326 e. The van der Waals surface area contributed by atoms with Gasteiger partial charge in [0.25, 0.3) is 0 Å². The van der Waals surface area contributed by atoms with Crippen LogP contribution in [0.2, 0.25) is 0 Å². The van der Waals surface area contributed by atoms with Crippen LogP contribution in [0.3, 0.4) is 0 Å². The van der Waals surface area contributed by atoms with Crippen LogP contribution in [0.1, 0.15) is 46.5 Å². The first-order valence-electron chi connectivity index (χ1n) is 11.0. The van der Waals surface area contributed by atoms with E-state index < -0.39 is 0 Å². The number of ether oxygens (including phenoxy) is 1. The molecular weight excluding hydrogens is 384 g/mol. The number of nitrogens with zero attached hydrogens (tertiary/aromatic N) is 3. The highest BCUT2D eigenvalue weighted by molar-refractivity contribution is 5.46. The van der Waals surface area contributed by atoms with E-state index in [1.165, 1.54) is 36.7 Å². The van der Waals surface area contributed by atoms with Gasteiger partial charge in [-0.2, -0.15) is 9.97 Å². The monoisotopic (exact) mass is 412 g/mol. The fourth-order valence-corrected chi connectivity index (χ4v) is 5.19. The molecule has 2 unspecified atom stereocenters. The van der Waals surface area contributed by atoms with E-state index in [0.717, 1.165) is 18.0 Å². The molecule has 0 aliphatic heterocycles. The van der Waals surface area contributed by atoms with Crippen LogP contribution in [0, 0.1) is 16.7 Å². The number of para-hydroxylation sites is 1. The number of allylic oxidation sites excluding steroid dienone is 4. The summed E-state index contributed by atoms with van der Waals surface area (Å²) in [5.74, 6) is 1.96. The number of anilines is 1. The molecule has 5 rings (SSSR count). The van der Waals surface area contributed by atoms with Crippen molar-refractivity contribution in [3.05, 3.63) is 77.5 Å². The first-order valence-corrected chi connectivity index (χ1v) is 11.0. The molecule has 2 atom stereocenters. The Morgan fingerprint density at radius 2 is 1.94 bits per heavy atom. The molecule has 3 aliphatic rings. The third-order valence-corrected chi connectivity index (χ3v) is 7.63. The number of fused-ring (bicyclic) bond motifs is 2. The van der Waals surface area contributed by atoms with Gasteiger partial charge in [0, 0.05) is 11.1 Å². The van der Waals surface area contributed by atoms with Gasteiger partial charge in [0.05, 0.1) is 0 Å². The molecule has 0 spiro atoms. The fraction of sp³-hybridized carbons (Fsp3) is 0.385. The van der Waals surface area contributed by atoms with E-state index in [4.69, 9.17) is 4.74 Å². The second-order valence-electron chi connectivity index (χ2n) is 9.45. The van der Waals surface area contributed by atoms with E-state index >= 15 is 0 Å². The normalized spacial score (nSPS) is 25.9. The lowest BCUT2D eigenvalue weighted by Gasteiger charge is -2.34. The van der Waals surface area contributed by atoms with Gasteiger partial charge in [-0.15, -0.1) is 5.73 Å². The molecule has 5 heteroatoms. The Bertz CT molecular complexity index is 1130. The Kier molecular flexibility index (Phi) is 4.79. The van der Waals surface area contributed by atoms with Crippen LogP contribution in [0.15, 0.2) is 77.5 Å². The number of hydrogen-bond acceptors (Lipinski definition) is 5. The fourth-order valence-electron chi connectivity index (χ4n) is 5.19. The van der Waals surface area contributed by atoms with Crippen molar-refractivity contribution in [2.45, 2.75) is 46.5 Å². The van der Waals surface area contributed by atoms with Crippen molar-refractivity contribution in [2.75, 3.05) is 5.32 Å². The summed E-state index contributed by atoms with van der Waals surface area (Å²) in [6, 6.07) is 9.75. The molecular formula is C26H28N4O. The first kappa shape index (κ1) is 19.8. The lowest BCUT2D eigenvalue weighted by molar-refractivity contribution is 0.179. The molecule has 0 amide bonds. The molecule has 158 valence electrons. The van der Waals surface area contributed by atoms with E-state index in [1.54, 1.807) is 0 Å². The number of aromatic nitrogens is 3. The minimum Gasteiger partial charge on any atom is -0.424 e. The van der Waals surface area contributed by atoms with E-state index in [-0.39, 0.29) is 6.01 Å². The number of hydrogen-bond donors (Lipinski definition) is 1. The van der Waals surface area contributed by atoms with Gasteiger partial charge in [-0.3, -0.25) is 0 Å². The Hall–Kier alpha value is -3.17. The standard InChI is InChI=1S/C26H28N4O/c1-25(2)19-13-14-26(25,3)20(16-19)15-18-9-11-21(12-10-18)29-23-27-17-28-24(30-23)31-22-7-5-4-6-8-22/h4-9,11-12,17,19H,10,13-14,16H2,1-3H3,(H,27,28,29,30). The van der Waals surface area contributed by atoms with Crippen LogP contribution in [0.5, 0.6) is 11.8 Å². The van der Waals surface area contributed by atoms with Gasteiger partial charge in [0.1, 0.15) is 12.1 Å². The van der Waals surface area contributed by atoms with Crippen LogP contribution in [-0.4, -0.2) is 15.0 Å². The maximum absolute atomic E-state index is 5.69. The summed E-state index contributed by atoms with van der Waals surface area (Å²) < 4.78 is 5.69. The largest absolute Gasteiger partial charge is 0.424 e. The van der Waals surface area contributed by atoms with Crippen molar-refractivity contribution in [3.8, 4) is 11.8 Å². The predicted octanol–water partition coefficient (Wildman–Crippen LogP) is 6.22. The van der Waals surface area contributed by atoms with Gasteiger partial charge in [0.15, 0.2) is 0 Å². The van der Waals surface area contributed by atoms with Crippen molar-refractivity contribution >= 4 is 5.95 Å². The number of benzene rings is 1. The lowest BCUT2D eigenvalue weighted by Crippen LogP contribution is -2.27. The van der Waals surface area contributed by atoms with Gasteiger partial charge in [-0.1, -0.05) is 45.0 Å². The molecule has 5 nitrogen and oxygen atoms in total. The zero-order valence-corrected chi connectivity index (χ0v) is 18.4. The Labute approximate surface area is 183 Å². The second-order valence-corrected chi connectivity index (χ2v) is 9.45. The Morgan fingerprint density at radius 3 is 2.61 bits per heavy atom. The number of rotatable bonds is 4. The summed E-state index contributed by atoms with van der Waals surface area (Å²) in [4.78, 5) is 12.7. The van der Waals surface area contributed by atoms with Crippen molar-refractivity contribution in [3.63, 3.8) is 0 Å². The van der Waals surface area contributed by atoms with E-state index in [0.29, 0.717) is 22.5 Å². The van der Waals surface area contributed by atoms with Crippen molar-refractivity contribution in [1.29, 1.82) is 0 Å². The average molecular weight is 413 g/mol. The SMILES string of the molecule is CC12CCC(CC1=C=C1C=CC(Nc3ncnc(Oc4ccccc4)n3)=CC1)C2(C)C. The maximum Gasteiger partial charge on any atom is 0.326 e. The van der Waals surface area contributed by atoms with Crippen LogP contribution in [0.25, 0.3) is 0 Å². The molecule has 0 saturated heterocycles. The predicted molar refractivity (Wildman–Crippen MR) is 122 cm³/mol. The molecule has 1 N–H and O–H groups in total. The molecule has 1 aromatic heterocycles. The summed E-state index contributed by atoms with van der Waals surface area (Å²) in [7, 11) is 0. The van der Waals surface area contributed by atoms with E-state index in [2.05, 4.69) is 65.0 Å². The highest BCUT2D eigenvalue weighted by atomic mass is 16.5. The van der Waals surface area contributed by atoms with E-state index in [9.17, 15) is 0 Å². The maximum atomic E-state index is 5.69. The van der Waals surface area contributed by atoms with Gasteiger partial charge in [-0.25, -0.2) is 4.98 Å². The summed E-state index contributed by atoms with van der Waals surface area (Å²) in [6.45, 7) is 7.31. The topological polar surface area (TPSA) is 59.9 Å². The van der Waals surface area contributed by atoms with Crippen molar-refractivity contribution in [1.82, 2.24) is 15.0 Å². The highest BCUT2D eigenvalue weighted by Crippen LogP contribution is 2.67. The molecule has 1 aromatic carbocycles. The quantitative estimate of drug-likeness (QED) is 0.604. The number of nitrogens with one attached hydrogen (secondary N) is 1. The third kappa shape index (κ3) is 3.60. The molecule has 2 aromatic rings. The minimum absolute atomic E-state index is 0.265. The van der Waals surface area contributed by atoms with Crippen molar-refractivity contribution in [2.24, 2.45) is 16.7 Å². The lowest BCUT2D eigenvalue weighted by atomic mass is 9.69. The van der Waals surface area contributed by atoms with Crippen LogP contribution >= 0.6 is 0 Å². The zero-order chi connectivity index (χ0) is 21.5.